The molecule has 1 fully saturated rings. The fourth-order valence-electron chi connectivity index (χ4n) is 2.58. The monoisotopic (exact) mass is 315 g/mol. The molecule has 1 aliphatic rings. The van der Waals surface area contributed by atoms with Crippen molar-refractivity contribution < 1.29 is 4.74 Å². The number of methoxy groups -OCH3 is 1. The molecule has 0 radical (unpaired) electrons. The van der Waals surface area contributed by atoms with Crippen LogP contribution in [-0.2, 0) is 0 Å². The maximum absolute atomic E-state index is 5.05. The summed E-state index contributed by atoms with van der Waals surface area (Å²) < 4.78 is 4.99. The maximum atomic E-state index is 5.05. The van der Waals surface area contributed by atoms with E-state index in [4.69, 9.17) is 11.2 Å². The first-order chi connectivity index (χ1) is 11.3. The summed E-state index contributed by atoms with van der Waals surface area (Å²) in [6.07, 6.45) is 19.9. The van der Waals surface area contributed by atoms with Crippen LogP contribution in [0.1, 0.15) is 71.1 Å². The molecule has 1 aromatic carbocycles. The Morgan fingerprint density at radius 2 is 1.83 bits per heavy atom. The molecule has 2 heteroatoms. The highest BCUT2D eigenvalue weighted by Gasteiger charge is 2.19. The van der Waals surface area contributed by atoms with Gasteiger partial charge in [0, 0.05) is 17.8 Å². The Kier molecular flexibility index (Phi) is 10.9. The number of ether oxygens (including phenoxy) is 1. The average Bonchev–Trinajstić information content (AvgIpc) is 3.39. The van der Waals surface area contributed by atoms with Crippen LogP contribution in [-0.4, -0.2) is 7.11 Å². The highest BCUT2D eigenvalue weighted by atomic mass is 16.5. The number of terminal acetylenes is 1. The zero-order valence-electron chi connectivity index (χ0n) is 14.9. The van der Waals surface area contributed by atoms with E-state index >= 15 is 0 Å². The molecule has 128 valence electrons. The lowest BCUT2D eigenvalue weighted by Crippen LogP contribution is -1.88. The molecule has 0 unspecified atom stereocenters. The molecule has 0 amide bonds. The predicted molar refractivity (Wildman–Crippen MR) is 101 cm³/mol. The first-order valence-corrected chi connectivity index (χ1v) is 9.15. The first-order valence-electron chi connectivity index (χ1n) is 9.15. The molecule has 2 rings (SSSR count). The van der Waals surface area contributed by atoms with Gasteiger partial charge < -0.3 is 10.1 Å². The third-order valence-electron chi connectivity index (χ3n) is 4.20. The summed E-state index contributed by atoms with van der Waals surface area (Å²) in [5.74, 6) is 1.95. The molecule has 0 spiro atoms. The molecule has 0 saturated heterocycles. The highest BCUT2D eigenvalue weighted by Crippen LogP contribution is 2.34. The van der Waals surface area contributed by atoms with Gasteiger partial charge in [-0.3, -0.25) is 0 Å². The number of unbranched alkanes of at least 4 members (excludes halogenated alkanes) is 6. The van der Waals surface area contributed by atoms with Gasteiger partial charge in [-0.2, -0.15) is 0 Å². The number of benzene rings is 1. The quantitative estimate of drug-likeness (QED) is 0.314. The molecular weight excluding hydrogens is 282 g/mol. The van der Waals surface area contributed by atoms with Crippen LogP contribution >= 0.6 is 0 Å². The normalized spacial score (nSPS) is 12.7. The maximum Gasteiger partial charge on any atom is 0.120 e. The van der Waals surface area contributed by atoms with Gasteiger partial charge in [0.15, 0.2) is 0 Å². The van der Waals surface area contributed by atoms with Crippen molar-refractivity contribution in [3.05, 3.63) is 24.3 Å². The Bertz CT molecular complexity index is 445. The van der Waals surface area contributed by atoms with E-state index in [1.54, 1.807) is 7.11 Å². The van der Waals surface area contributed by atoms with Crippen molar-refractivity contribution in [1.29, 1.82) is 0 Å². The third kappa shape index (κ3) is 10.7. The number of rotatable bonds is 10. The molecule has 1 aliphatic carbocycles. The summed E-state index contributed by atoms with van der Waals surface area (Å²) in [4.78, 5) is 0. The lowest BCUT2D eigenvalue weighted by Gasteiger charge is -2.01. The van der Waals surface area contributed by atoms with Gasteiger partial charge >= 0.3 is 0 Å². The van der Waals surface area contributed by atoms with Crippen molar-refractivity contribution in [3.63, 3.8) is 0 Å². The van der Waals surface area contributed by atoms with Crippen LogP contribution in [0.25, 0.3) is 0 Å². The predicted octanol–water partition coefficient (Wildman–Crippen LogP) is 6.23. The van der Waals surface area contributed by atoms with Crippen LogP contribution in [0.2, 0.25) is 0 Å². The van der Waals surface area contributed by atoms with Crippen molar-refractivity contribution in [2.24, 2.45) is 5.92 Å². The van der Waals surface area contributed by atoms with E-state index in [-0.39, 0.29) is 0 Å². The summed E-state index contributed by atoms with van der Waals surface area (Å²) >= 11 is 0. The number of hydrogen-bond donors (Lipinski definition) is 1. The van der Waals surface area contributed by atoms with E-state index in [2.05, 4.69) is 18.3 Å². The summed E-state index contributed by atoms with van der Waals surface area (Å²) in [7, 11) is 1.62. The fourth-order valence-corrected chi connectivity index (χ4v) is 2.58. The SMILES string of the molecule is C#CNc1cccc(OC)c1.CCCCCCCCCC1CC1. The van der Waals surface area contributed by atoms with E-state index in [0.29, 0.717) is 0 Å². The largest absolute Gasteiger partial charge is 0.497 e. The van der Waals surface area contributed by atoms with Crippen molar-refractivity contribution in [2.45, 2.75) is 71.1 Å². The summed E-state index contributed by atoms with van der Waals surface area (Å²) in [5, 5.41) is 2.73. The molecule has 0 aromatic heterocycles. The topological polar surface area (TPSA) is 21.3 Å². The molecule has 1 saturated carbocycles. The molecular formula is C21H33NO. The second-order valence-electron chi connectivity index (χ2n) is 6.35. The minimum absolute atomic E-state index is 0.797. The number of anilines is 1. The van der Waals surface area contributed by atoms with Gasteiger partial charge in [-0.25, -0.2) is 0 Å². The molecule has 0 aliphatic heterocycles. The molecule has 0 heterocycles. The van der Waals surface area contributed by atoms with Crippen LogP contribution in [0.4, 0.5) is 5.69 Å². The van der Waals surface area contributed by atoms with Crippen molar-refractivity contribution >= 4 is 5.69 Å². The summed E-state index contributed by atoms with van der Waals surface area (Å²) in [6, 6.07) is 9.78. The molecule has 1 aromatic rings. The van der Waals surface area contributed by atoms with Crippen LogP contribution in [0.5, 0.6) is 5.75 Å². The molecule has 0 bridgehead atoms. The first kappa shape index (κ1) is 19.4. The van der Waals surface area contributed by atoms with Gasteiger partial charge in [0.2, 0.25) is 0 Å². The van der Waals surface area contributed by atoms with Crippen LogP contribution in [0.3, 0.4) is 0 Å². The second-order valence-corrected chi connectivity index (χ2v) is 6.35. The molecule has 1 N–H and O–H groups in total. The second kappa shape index (κ2) is 12.9. The Morgan fingerprint density at radius 1 is 1.13 bits per heavy atom. The standard InChI is InChI=1S/C12H24.C9H9NO/c1-2-3-4-5-6-7-8-9-12-10-11-12;1-3-10-8-5-4-6-9(7-8)11-2/h12H,2-11H2,1H3;1,4-7,10H,2H3. The lowest BCUT2D eigenvalue weighted by atomic mass is 10.1. The van der Waals surface area contributed by atoms with Crippen LogP contribution in [0.15, 0.2) is 24.3 Å². The van der Waals surface area contributed by atoms with Gasteiger partial charge in [-0.1, -0.05) is 83.6 Å². The fraction of sp³-hybridized carbons (Fsp3) is 0.619. The van der Waals surface area contributed by atoms with Crippen molar-refractivity contribution in [2.75, 3.05) is 12.4 Å². The Hall–Kier alpha value is -1.62. The summed E-state index contributed by atoms with van der Waals surface area (Å²) in [5.41, 5.74) is 0.867. The van der Waals surface area contributed by atoms with E-state index in [9.17, 15) is 0 Å². The van der Waals surface area contributed by atoms with Crippen molar-refractivity contribution in [3.8, 4) is 18.2 Å². The zero-order chi connectivity index (χ0) is 16.8. The van der Waals surface area contributed by atoms with Gasteiger partial charge in [0.25, 0.3) is 0 Å². The molecule has 0 atom stereocenters. The van der Waals surface area contributed by atoms with E-state index < -0.39 is 0 Å². The van der Waals surface area contributed by atoms with Gasteiger partial charge in [-0.15, -0.1) is 0 Å². The van der Waals surface area contributed by atoms with Gasteiger partial charge in [-0.05, 0) is 18.1 Å². The zero-order valence-corrected chi connectivity index (χ0v) is 14.9. The highest BCUT2D eigenvalue weighted by molar-refractivity contribution is 5.51. The van der Waals surface area contributed by atoms with E-state index in [1.807, 2.05) is 24.3 Å². The van der Waals surface area contributed by atoms with E-state index in [1.165, 1.54) is 64.2 Å². The van der Waals surface area contributed by atoms with Crippen molar-refractivity contribution in [1.82, 2.24) is 0 Å². The Labute approximate surface area is 143 Å². The smallest absolute Gasteiger partial charge is 0.120 e. The third-order valence-corrected chi connectivity index (χ3v) is 4.20. The molecule has 23 heavy (non-hydrogen) atoms. The van der Waals surface area contributed by atoms with Crippen LogP contribution < -0.4 is 10.1 Å². The number of hydrogen-bond acceptors (Lipinski definition) is 2. The average molecular weight is 316 g/mol. The van der Waals surface area contributed by atoms with Gasteiger partial charge in [0.1, 0.15) is 5.75 Å². The van der Waals surface area contributed by atoms with E-state index in [0.717, 1.165) is 17.4 Å². The minimum Gasteiger partial charge on any atom is -0.497 e. The molecule has 2 nitrogen and oxygen atoms in total. The summed E-state index contributed by atoms with van der Waals surface area (Å²) in [6.45, 7) is 2.28. The Morgan fingerprint density at radius 3 is 2.43 bits per heavy atom. The van der Waals surface area contributed by atoms with Gasteiger partial charge in [0.05, 0.1) is 7.11 Å². The Balaban J connectivity index is 0.000000231. The minimum atomic E-state index is 0.797. The van der Waals surface area contributed by atoms with Crippen LogP contribution in [0, 0.1) is 18.4 Å². The number of nitrogens with one attached hydrogen (secondary N) is 1. The lowest BCUT2D eigenvalue weighted by molar-refractivity contribution is 0.415.